The summed E-state index contributed by atoms with van der Waals surface area (Å²) in [5.74, 6) is -0.596. The SMILES string of the molecule is Cc1ccc(C)c(CNC(=O)[C@H]2C[C@@H]3CN(S(C)(=O)=O)CC(=O)N[C@@H]3C2)c1. The zero-order chi connectivity index (χ0) is 19.8. The van der Waals surface area contributed by atoms with E-state index < -0.39 is 10.0 Å². The van der Waals surface area contributed by atoms with E-state index in [4.69, 9.17) is 0 Å². The molecule has 1 saturated carbocycles. The molecule has 1 saturated heterocycles. The van der Waals surface area contributed by atoms with E-state index in [1.54, 1.807) is 0 Å². The standard InChI is InChI=1S/C19H27N3O4S/c1-12-4-5-13(2)15(6-12)9-20-19(24)14-7-16-10-22(27(3,25)26)11-18(23)21-17(16)8-14/h4-6,14,16-17H,7-11H2,1-3H3,(H,20,24)(H,21,23)/t14-,16+,17+/m0/s1. The van der Waals surface area contributed by atoms with Crippen molar-refractivity contribution in [1.82, 2.24) is 14.9 Å². The summed E-state index contributed by atoms with van der Waals surface area (Å²) in [6, 6.07) is 6.00. The van der Waals surface area contributed by atoms with Crippen LogP contribution in [0.3, 0.4) is 0 Å². The zero-order valence-electron chi connectivity index (χ0n) is 16.0. The lowest BCUT2D eigenvalue weighted by Crippen LogP contribution is -2.39. The van der Waals surface area contributed by atoms with E-state index in [-0.39, 0.29) is 42.8 Å². The van der Waals surface area contributed by atoms with Crippen LogP contribution >= 0.6 is 0 Å². The Morgan fingerprint density at radius 1 is 1.30 bits per heavy atom. The van der Waals surface area contributed by atoms with Crippen LogP contribution in [0.4, 0.5) is 0 Å². The molecule has 0 spiro atoms. The monoisotopic (exact) mass is 393 g/mol. The van der Waals surface area contributed by atoms with Gasteiger partial charge in [0, 0.05) is 25.0 Å². The highest BCUT2D eigenvalue weighted by Gasteiger charge is 2.42. The number of nitrogens with one attached hydrogen (secondary N) is 2. The highest BCUT2D eigenvalue weighted by Crippen LogP contribution is 2.34. The number of rotatable bonds is 4. The zero-order valence-corrected chi connectivity index (χ0v) is 16.8. The number of amides is 2. The number of fused-ring (bicyclic) bond motifs is 1. The lowest BCUT2D eigenvalue weighted by molar-refractivity contribution is -0.125. The normalized spacial score (nSPS) is 26.2. The molecule has 1 aromatic rings. The first-order valence-electron chi connectivity index (χ1n) is 9.22. The average Bonchev–Trinajstić information content (AvgIpc) is 2.89. The molecule has 8 heteroatoms. The Kier molecular flexibility index (Phi) is 5.58. The molecule has 0 radical (unpaired) electrons. The number of benzene rings is 1. The van der Waals surface area contributed by atoms with Crippen LogP contribution in [-0.4, -0.2) is 49.9 Å². The van der Waals surface area contributed by atoms with Gasteiger partial charge in [-0.25, -0.2) is 8.42 Å². The first-order valence-corrected chi connectivity index (χ1v) is 11.1. The minimum Gasteiger partial charge on any atom is -0.352 e. The van der Waals surface area contributed by atoms with E-state index in [2.05, 4.69) is 16.7 Å². The van der Waals surface area contributed by atoms with E-state index >= 15 is 0 Å². The highest BCUT2D eigenvalue weighted by molar-refractivity contribution is 7.88. The van der Waals surface area contributed by atoms with Crippen molar-refractivity contribution < 1.29 is 18.0 Å². The van der Waals surface area contributed by atoms with Gasteiger partial charge in [-0.2, -0.15) is 4.31 Å². The third-order valence-corrected chi connectivity index (χ3v) is 6.81. The maximum Gasteiger partial charge on any atom is 0.235 e. The van der Waals surface area contributed by atoms with Crippen LogP contribution in [0.5, 0.6) is 0 Å². The molecule has 2 N–H and O–H groups in total. The predicted molar refractivity (Wildman–Crippen MR) is 102 cm³/mol. The van der Waals surface area contributed by atoms with Crippen molar-refractivity contribution in [3.05, 3.63) is 34.9 Å². The summed E-state index contributed by atoms with van der Waals surface area (Å²) in [7, 11) is -3.44. The van der Waals surface area contributed by atoms with Crippen LogP contribution in [-0.2, 0) is 26.2 Å². The molecule has 3 rings (SSSR count). The minimum atomic E-state index is -3.44. The van der Waals surface area contributed by atoms with Gasteiger partial charge < -0.3 is 10.6 Å². The Morgan fingerprint density at radius 2 is 2.04 bits per heavy atom. The van der Waals surface area contributed by atoms with E-state index in [9.17, 15) is 18.0 Å². The van der Waals surface area contributed by atoms with Crippen LogP contribution in [0.2, 0.25) is 0 Å². The Hall–Kier alpha value is -1.93. The van der Waals surface area contributed by atoms with Gasteiger partial charge in [0.05, 0.1) is 12.8 Å². The fourth-order valence-corrected chi connectivity index (χ4v) is 4.84. The summed E-state index contributed by atoms with van der Waals surface area (Å²) in [6.07, 6.45) is 2.24. The Balaban J connectivity index is 1.63. The minimum absolute atomic E-state index is 0.0378. The van der Waals surface area contributed by atoms with Crippen molar-refractivity contribution in [3.63, 3.8) is 0 Å². The second kappa shape index (κ2) is 7.59. The van der Waals surface area contributed by atoms with Crippen LogP contribution < -0.4 is 10.6 Å². The summed E-state index contributed by atoms with van der Waals surface area (Å²) in [5.41, 5.74) is 3.37. The lowest BCUT2D eigenvalue weighted by Gasteiger charge is -2.20. The molecule has 1 aliphatic carbocycles. The van der Waals surface area contributed by atoms with Gasteiger partial charge in [-0.3, -0.25) is 9.59 Å². The van der Waals surface area contributed by atoms with E-state index in [1.807, 2.05) is 26.0 Å². The van der Waals surface area contributed by atoms with Crippen molar-refractivity contribution in [2.45, 2.75) is 39.3 Å². The predicted octanol–water partition coefficient (Wildman–Crippen LogP) is 0.706. The van der Waals surface area contributed by atoms with E-state index in [0.717, 1.165) is 22.9 Å². The molecule has 1 aliphatic heterocycles. The number of carbonyl (C=O) groups is 2. The molecule has 148 valence electrons. The van der Waals surface area contributed by atoms with Crippen molar-refractivity contribution in [3.8, 4) is 0 Å². The summed E-state index contributed by atoms with van der Waals surface area (Å²) in [6.45, 7) is 4.65. The van der Waals surface area contributed by atoms with Crippen LogP contribution in [0.25, 0.3) is 0 Å². The van der Waals surface area contributed by atoms with Gasteiger partial charge in [0.25, 0.3) is 0 Å². The van der Waals surface area contributed by atoms with Crippen LogP contribution in [0, 0.1) is 25.7 Å². The Labute approximate surface area is 160 Å². The quantitative estimate of drug-likeness (QED) is 0.787. The molecular weight excluding hydrogens is 366 g/mol. The van der Waals surface area contributed by atoms with Gasteiger partial charge in [-0.15, -0.1) is 0 Å². The molecule has 3 atom stereocenters. The van der Waals surface area contributed by atoms with Gasteiger partial charge in [-0.1, -0.05) is 23.8 Å². The molecule has 0 bridgehead atoms. The molecule has 2 fully saturated rings. The van der Waals surface area contributed by atoms with Gasteiger partial charge in [0.15, 0.2) is 0 Å². The van der Waals surface area contributed by atoms with Crippen molar-refractivity contribution in [2.75, 3.05) is 19.3 Å². The topological polar surface area (TPSA) is 95.6 Å². The number of carbonyl (C=O) groups excluding carboxylic acids is 2. The fraction of sp³-hybridized carbons (Fsp3) is 0.579. The maximum absolute atomic E-state index is 12.6. The molecule has 27 heavy (non-hydrogen) atoms. The second-order valence-electron chi connectivity index (χ2n) is 7.81. The van der Waals surface area contributed by atoms with Crippen molar-refractivity contribution in [2.24, 2.45) is 11.8 Å². The first kappa shape index (κ1) is 19.8. The summed E-state index contributed by atoms with van der Waals surface area (Å²) < 4.78 is 25.0. The fourth-order valence-electron chi connectivity index (χ4n) is 4.03. The highest BCUT2D eigenvalue weighted by atomic mass is 32.2. The smallest absolute Gasteiger partial charge is 0.235 e. The molecule has 0 unspecified atom stereocenters. The van der Waals surface area contributed by atoms with Crippen LogP contribution in [0.1, 0.15) is 29.5 Å². The third-order valence-electron chi connectivity index (χ3n) is 5.60. The van der Waals surface area contributed by atoms with Gasteiger partial charge >= 0.3 is 0 Å². The number of hydrogen-bond donors (Lipinski definition) is 2. The average molecular weight is 394 g/mol. The van der Waals surface area contributed by atoms with Crippen molar-refractivity contribution in [1.29, 1.82) is 0 Å². The van der Waals surface area contributed by atoms with Crippen LogP contribution in [0.15, 0.2) is 18.2 Å². The summed E-state index contributed by atoms with van der Waals surface area (Å²) in [4.78, 5) is 24.7. The molecule has 1 aromatic carbocycles. The lowest BCUT2D eigenvalue weighted by atomic mass is 10.0. The third kappa shape index (κ3) is 4.68. The first-order chi connectivity index (χ1) is 12.6. The Morgan fingerprint density at radius 3 is 2.74 bits per heavy atom. The second-order valence-corrected chi connectivity index (χ2v) is 9.79. The molecule has 7 nitrogen and oxygen atoms in total. The van der Waals surface area contributed by atoms with Gasteiger partial charge in [0.1, 0.15) is 0 Å². The van der Waals surface area contributed by atoms with E-state index in [1.165, 1.54) is 4.31 Å². The summed E-state index contributed by atoms with van der Waals surface area (Å²) >= 11 is 0. The number of nitrogens with zero attached hydrogens (tertiary/aromatic N) is 1. The molecule has 2 aliphatic rings. The number of hydrogen-bond acceptors (Lipinski definition) is 4. The number of aryl methyl sites for hydroxylation is 2. The van der Waals surface area contributed by atoms with Gasteiger partial charge in [0.2, 0.25) is 21.8 Å². The maximum atomic E-state index is 12.6. The van der Waals surface area contributed by atoms with Crippen molar-refractivity contribution >= 4 is 21.8 Å². The van der Waals surface area contributed by atoms with Gasteiger partial charge in [-0.05, 0) is 43.7 Å². The largest absolute Gasteiger partial charge is 0.352 e. The number of sulfonamides is 1. The van der Waals surface area contributed by atoms with E-state index in [0.29, 0.717) is 19.4 Å². The summed E-state index contributed by atoms with van der Waals surface area (Å²) in [5, 5.41) is 5.90. The molecule has 2 amide bonds. The molecule has 0 aromatic heterocycles. The molecular formula is C19H27N3O4S. The molecule has 1 heterocycles. The Bertz CT molecular complexity index is 853.